The average Bonchev–Trinajstić information content (AvgIpc) is 2.34. The first-order chi connectivity index (χ1) is 9.23. The molecule has 0 heterocycles. The van der Waals surface area contributed by atoms with Gasteiger partial charge in [-0.1, -0.05) is 27.9 Å². The summed E-state index contributed by atoms with van der Waals surface area (Å²) in [6.07, 6.45) is 0. The molecule has 0 atom stereocenters. The van der Waals surface area contributed by atoms with Gasteiger partial charge in [-0.15, -0.1) is 0 Å². The predicted octanol–water partition coefficient (Wildman–Crippen LogP) is 2.43. The Bertz CT molecular complexity index is 846. The summed E-state index contributed by atoms with van der Waals surface area (Å²) in [5.41, 5.74) is 12.9. The summed E-state index contributed by atoms with van der Waals surface area (Å²) in [6.45, 7) is 0. The van der Waals surface area contributed by atoms with Crippen LogP contribution in [0.1, 0.15) is 0 Å². The fourth-order valence-corrected chi connectivity index (χ4v) is 2.61. The van der Waals surface area contributed by atoms with Crippen molar-refractivity contribution in [2.45, 2.75) is 4.90 Å². The maximum absolute atomic E-state index is 11.3. The van der Waals surface area contributed by atoms with Gasteiger partial charge in [-0.2, -0.15) is 8.42 Å². The van der Waals surface area contributed by atoms with E-state index in [1.54, 1.807) is 0 Å². The van der Waals surface area contributed by atoms with Crippen molar-refractivity contribution in [3.05, 3.63) is 40.7 Å². The third kappa shape index (κ3) is 2.17. The topological polar surface area (TPSA) is 154 Å². The van der Waals surface area contributed by atoms with Gasteiger partial charge in [-0.25, -0.2) is 0 Å². The van der Waals surface area contributed by atoms with Crippen molar-refractivity contribution in [2.75, 3.05) is 0 Å². The molecule has 2 rings (SSSR count). The number of nitrogens with one attached hydrogen (secondary N) is 2. The summed E-state index contributed by atoms with van der Waals surface area (Å²) in [5.74, 6) is 0. The van der Waals surface area contributed by atoms with Crippen LogP contribution in [0.15, 0.2) is 35.2 Å². The standard InChI is InChI=1S/C10H8N4O5S/c11-13(15)8-5-9(20(17,18)19)6-3-1-2-4-7(6)10(8)14(12)16/h1-5,11-12H,(H,17,18,19). The summed E-state index contributed by atoms with van der Waals surface area (Å²) in [5, 5.41) is 22.4. The Morgan fingerprint density at radius 3 is 2.05 bits per heavy atom. The zero-order chi connectivity index (χ0) is 15.1. The van der Waals surface area contributed by atoms with Gasteiger partial charge in [0.1, 0.15) is 4.90 Å². The second kappa shape index (κ2) is 4.51. The highest BCUT2D eigenvalue weighted by atomic mass is 32.2. The normalized spacial score (nSPS) is 11.4. The molecule has 9 nitrogen and oxygen atoms in total. The van der Waals surface area contributed by atoms with Crippen LogP contribution in [0.5, 0.6) is 0 Å². The van der Waals surface area contributed by atoms with E-state index in [0.717, 1.165) is 0 Å². The van der Waals surface area contributed by atoms with Crippen molar-refractivity contribution < 1.29 is 22.7 Å². The van der Waals surface area contributed by atoms with Crippen molar-refractivity contribution in [3.8, 4) is 0 Å². The average molecular weight is 296 g/mol. The van der Waals surface area contributed by atoms with E-state index in [2.05, 4.69) is 0 Å². The molecular weight excluding hydrogens is 288 g/mol. The minimum absolute atomic E-state index is 0.0244. The summed E-state index contributed by atoms with van der Waals surface area (Å²) in [7, 11) is -4.66. The van der Waals surface area contributed by atoms with E-state index in [0.29, 0.717) is 6.07 Å². The monoisotopic (exact) mass is 296 g/mol. The van der Waals surface area contributed by atoms with Crippen molar-refractivity contribution in [1.29, 1.82) is 11.1 Å². The number of hydrogen-bond donors (Lipinski definition) is 3. The largest absolute Gasteiger partial charge is 0.594 e. The summed E-state index contributed by atoms with van der Waals surface area (Å²) in [6, 6.07) is 6.24. The Labute approximate surface area is 112 Å². The van der Waals surface area contributed by atoms with Crippen LogP contribution in [0.3, 0.4) is 0 Å². The molecule has 10 heteroatoms. The number of benzene rings is 2. The third-order valence-electron chi connectivity index (χ3n) is 2.66. The quantitative estimate of drug-likeness (QED) is 0.343. The van der Waals surface area contributed by atoms with Gasteiger partial charge in [0.2, 0.25) is 0 Å². The van der Waals surface area contributed by atoms with Gasteiger partial charge in [0.15, 0.2) is 0 Å². The molecule has 0 aromatic heterocycles. The first-order valence-corrected chi connectivity index (χ1v) is 6.57. The van der Waals surface area contributed by atoms with Gasteiger partial charge in [0.05, 0.1) is 5.39 Å². The zero-order valence-electron chi connectivity index (χ0n) is 9.77. The Morgan fingerprint density at radius 1 is 1.05 bits per heavy atom. The number of nitrogens with zero attached hydrogens (tertiary/aromatic N) is 2. The molecule has 0 aliphatic rings. The SMILES string of the molecule is N=[N+]([O-])c1cc(S(=O)(=O)O)c2ccccc2c1[N+](=N)[O-]. The Kier molecular flexibility index (Phi) is 3.12. The lowest BCUT2D eigenvalue weighted by molar-refractivity contribution is -0.499. The maximum Gasteiger partial charge on any atom is 0.326 e. The highest BCUT2D eigenvalue weighted by molar-refractivity contribution is 7.86. The molecule has 0 saturated carbocycles. The van der Waals surface area contributed by atoms with Gasteiger partial charge in [-0.05, 0) is 17.1 Å². The highest BCUT2D eigenvalue weighted by Gasteiger charge is 2.29. The van der Waals surface area contributed by atoms with E-state index >= 15 is 0 Å². The van der Waals surface area contributed by atoms with Gasteiger partial charge in [0.25, 0.3) is 10.1 Å². The molecule has 0 unspecified atom stereocenters. The molecule has 2 aromatic carbocycles. The lowest BCUT2D eigenvalue weighted by Gasteiger charge is -2.08. The van der Waals surface area contributed by atoms with Crippen molar-refractivity contribution in [3.63, 3.8) is 0 Å². The van der Waals surface area contributed by atoms with Crippen LogP contribution in [0.25, 0.3) is 10.8 Å². The maximum atomic E-state index is 11.3. The Morgan fingerprint density at radius 2 is 1.60 bits per heavy atom. The highest BCUT2D eigenvalue weighted by Crippen LogP contribution is 2.38. The van der Waals surface area contributed by atoms with Gasteiger partial charge < -0.3 is 10.4 Å². The number of hydrogen-bond acceptors (Lipinski definition) is 6. The molecule has 20 heavy (non-hydrogen) atoms. The van der Waals surface area contributed by atoms with E-state index in [1.807, 2.05) is 0 Å². The van der Waals surface area contributed by atoms with Crippen LogP contribution >= 0.6 is 0 Å². The molecule has 0 spiro atoms. The second-order valence-electron chi connectivity index (χ2n) is 3.85. The number of rotatable bonds is 3. The van der Waals surface area contributed by atoms with E-state index in [9.17, 15) is 23.4 Å². The van der Waals surface area contributed by atoms with Crippen LogP contribution < -0.4 is 0 Å². The molecule has 0 radical (unpaired) electrons. The first kappa shape index (κ1) is 13.8. The van der Waals surface area contributed by atoms with Crippen molar-refractivity contribution in [2.24, 2.45) is 0 Å². The fraction of sp³-hybridized carbons (Fsp3) is 0. The lowest BCUT2D eigenvalue weighted by atomic mass is 10.1. The molecule has 0 bridgehead atoms. The summed E-state index contributed by atoms with van der Waals surface area (Å²) in [4.78, 5) is -1.48. The van der Waals surface area contributed by atoms with Crippen molar-refractivity contribution in [1.82, 2.24) is 0 Å². The molecule has 104 valence electrons. The van der Waals surface area contributed by atoms with Crippen LogP contribution in [-0.4, -0.2) is 22.7 Å². The van der Waals surface area contributed by atoms with Gasteiger partial charge >= 0.3 is 11.4 Å². The molecule has 3 N–H and O–H groups in total. The lowest BCUT2D eigenvalue weighted by Crippen LogP contribution is -2.04. The first-order valence-electron chi connectivity index (χ1n) is 5.13. The minimum atomic E-state index is -4.66. The third-order valence-corrected chi connectivity index (χ3v) is 3.55. The van der Waals surface area contributed by atoms with E-state index in [4.69, 9.17) is 11.1 Å². The number of fused-ring (bicyclic) bond motifs is 1. The Balaban J connectivity index is 3.10. The predicted molar refractivity (Wildman–Crippen MR) is 65.8 cm³/mol. The molecule has 0 fully saturated rings. The van der Waals surface area contributed by atoms with Crippen LogP contribution in [-0.2, 0) is 10.1 Å². The molecule has 0 aliphatic carbocycles. The summed E-state index contributed by atoms with van der Waals surface area (Å²) < 4.78 is 31.9. The second-order valence-corrected chi connectivity index (χ2v) is 5.24. The van der Waals surface area contributed by atoms with Crippen molar-refractivity contribution >= 4 is 32.3 Å². The Hall–Kier alpha value is -2.59. The van der Waals surface area contributed by atoms with Gasteiger partial charge in [-0.3, -0.25) is 4.55 Å². The molecule has 0 aliphatic heterocycles. The van der Waals surface area contributed by atoms with Crippen LogP contribution in [0, 0.1) is 21.5 Å². The fourth-order valence-electron chi connectivity index (χ4n) is 1.89. The van der Waals surface area contributed by atoms with Crippen LogP contribution in [0.4, 0.5) is 11.4 Å². The van der Waals surface area contributed by atoms with Crippen LogP contribution in [0.2, 0.25) is 0 Å². The molecule has 2 aromatic rings. The minimum Gasteiger partial charge on any atom is -0.594 e. The zero-order valence-corrected chi connectivity index (χ0v) is 10.6. The molecule has 0 amide bonds. The summed E-state index contributed by atoms with van der Waals surface area (Å²) >= 11 is 0. The van der Waals surface area contributed by atoms with E-state index < -0.39 is 31.2 Å². The smallest absolute Gasteiger partial charge is 0.326 e. The van der Waals surface area contributed by atoms with E-state index in [-0.39, 0.29) is 15.6 Å². The molecular formula is C10H8N4O5S. The van der Waals surface area contributed by atoms with E-state index in [1.165, 1.54) is 24.3 Å². The molecule has 0 saturated heterocycles. The van der Waals surface area contributed by atoms with Gasteiger partial charge in [0, 0.05) is 11.5 Å².